The highest BCUT2D eigenvalue weighted by Crippen LogP contribution is 2.65. The van der Waals surface area contributed by atoms with Crippen molar-refractivity contribution in [1.82, 2.24) is 36.1 Å². The van der Waals surface area contributed by atoms with Gasteiger partial charge in [-0.2, -0.15) is 0 Å². The average molecular weight is 734 g/mol. The molecule has 4 aliphatic rings. The molecule has 0 spiro atoms. The Balaban J connectivity index is 1.44. The fraction of sp³-hybridized carbons (Fsp3) is 0.700. The van der Waals surface area contributed by atoms with Crippen LogP contribution in [0.5, 0.6) is 0 Å². The van der Waals surface area contributed by atoms with Crippen LogP contribution in [0.15, 0.2) is 31.2 Å². The van der Waals surface area contributed by atoms with E-state index in [0.717, 1.165) is 51.4 Å². The Labute approximate surface area is 313 Å². The van der Waals surface area contributed by atoms with Gasteiger partial charge in [-0.05, 0) is 60.2 Å². The van der Waals surface area contributed by atoms with E-state index in [4.69, 9.17) is 0 Å². The van der Waals surface area contributed by atoms with Crippen molar-refractivity contribution in [2.45, 2.75) is 136 Å². The van der Waals surface area contributed by atoms with E-state index in [9.17, 15) is 24.0 Å². The topological polar surface area (TPSA) is 180 Å². The zero-order valence-corrected chi connectivity index (χ0v) is 32.2. The van der Waals surface area contributed by atoms with Crippen molar-refractivity contribution in [2.75, 3.05) is 13.1 Å². The van der Waals surface area contributed by atoms with Gasteiger partial charge in [-0.15, -0.1) is 6.58 Å². The van der Waals surface area contributed by atoms with Crippen molar-refractivity contribution in [3.05, 3.63) is 36.9 Å². The molecule has 13 nitrogen and oxygen atoms in total. The number of ketones is 1. The van der Waals surface area contributed by atoms with Crippen molar-refractivity contribution < 1.29 is 28.8 Å². The number of amides is 5. The summed E-state index contributed by atoms with van der Waals surface area (Å²) in [5.74, 6) is -3.36. The third-order valence-corrected chi connectivity index (χ3v) is 12.9. The molecule has 1 saturated heterocycles. The maximum atomic E-state index is 15.1. The quantitative estimate of drug-likeness (QED) is 0.156. The predicted molar refractivity (Wildman–Crippen MR) is 199 cm³/mol. The molecule has 0 unspecified atom stereocenters. The summed E-state index contributed by atoms with van der Waals surface area (Å²) in [5, 5.41) is 11.5. The summed E-state index contributed by atoms with van der Waals surface area (Å²) in [7, 11) is 0. The molecule has 6 atom stereocenters. The number of rotatable bonds is 15. The van der Waals surface area contributed by atoms with Crippen molar-refractivity contribution in [2.24, 2.45) is 28.1 Å². The number of Topliss-reactive ketones (excluding diaryl/α,β-unsaturated/α-hetero) is 1. The maximum absolute atomic E-state index is 15.1. The maximum Gasteiger partial charge on any atom is 0.289 e. The van der Waals surface area contributed by atoms with Gasteiger partial charge in [0, 0.05) is 25.5 Å². The van der Waals surface area contributed by atoms with Gasteiger partial charge < -0.3 is 26.2 Å². The van der Waals surface area contributed by atoms with Crippen molar-refractivity contribution in [3.8, 4) is 0 Å². The van der Waals surface area contributed by atoms with E-state index in [2.05, 4.69) is 51.7 Å². The highest BCUT2D eigenvalue weighted by atomic mass is 16.2. The van der Waals surface area contributed by atoms with Gasteiger partial charge in [-0.1, -0.05) is 85.6 Å². The lowest BCUT2D eigenvalue weighted by molar-refractivity contribution is -0.148. The van der Waals surface area contributed by atoms with Crippen molar-refractivity contribution >= 4 is 35.3 Å². The molecule has 1 aromatic rings. The first-order valence-electron chi connectivity index (χ1n) is 19.6. The number of carbonyl (C=O) groups excluding carboxylic acids is 6. The lowest BCUT2D eigenvalue weighted by Crippen LogP contribution is -2.64. The molecule has 0 bridgehead atoms. The number of aromatic nitrogens is 2. The van der Waals surface area contributed by atoms with Crippen molar-refractivity contribution in [1.29, 1.82) is 0 Å². The van der Waals surface area contributed by atoms with E-state index in [1.807, 2.05) is 20.8 Å². The number of likely N-dealkylation sites (tertiary alicyclic amines) is 1. The number of nitrogens with zero attached hydrogens (tertiary/aromatic N) is 3. The SMILES string of the molecule is C=CCNC(=O)C(=O)[C@H](CCC)NC(=O)[C@@H]1[C@@H]2[C@H](CN1C(=O)[C@@H](NC(=O)[C@@H](NC(=O)c1cnccn1)C1(C)CCCCC1)C1(C)CCCCC1)C2(C)C. The van der Waals surface area contributed by atoms with Crippen LogP contribution in [-0.2, 0) is 24.0 Å². The number of nitrogens with one attached hydrogen (secondary N) is 4. The fourth-order valence-corrected chi connectivity index (χ4v) is 9.44. The molecule has 0 aromatic carbocycles. The Morgan fingerprint density at radius 3 is 2.08 bits per heavy atom. The average Bonchev–Trinajstić information content (AvgIpc) is 3.44. The Morgan fingerprint density at radius 2 is 1.51 bits per heavy atom. The van der Waals surface area contributed by atoms with Crippen LogP contribution in [0.4, 0.5) is 0 Å². The summed E-state index contributed by atoms with van der Waals surface area (Å²) in [6.07, 6.45) is 15.2. The number of piperidine rings is 1. The van der Waals surface area contributed by atoms with Crippen molar-refractivity contribution in [3.63, 3.8) is 0 Å². The van der Waals surface area contributed by atoms with Gasteiger partial charge >= 0.3 is 0 Å². The van der Waals surface area contributed by atoms with E-state index in [1.165, 1.54) is 24.7 Å². The third kappa shape index (κ3) is 8.49. The van der Waals surface area contributed by atoms with Gasteiger partial charge in [0.25, 0.3) is 11.8 Å². The molecule has 3 aliphatic carbocycles. The molecular formula is C40H59N7O6. The molecule has 4 fully saturated rings. The molecule has 13 heteroatoms. The summed E-state index contributed by atoms with van der Waals surface area (Å²) < 4.78 is 0. The Bertz CT molecular complexity index is 1550. The van der Waals surface area contributed by atoms with Crippen LogP contribution >= 0.6 is 0 Å². The lowest BCUT2D eigenvalue weighted by atomic mass is 9.68. The number of carbonyl (C=O) groups is 6. The molecule has 1 aromatic heterocycles. The summed E-state index contributed by atoms with van der Waals surface area (Å²) >= 11 is 0. The molecular weight excluding hydrogens is 674 g/mol. The van der Waals surface area contributed by atoms with E-state index >= 15 is 4.79 Å². The Morgan fingerprint density at radius 1 is 0.887 bits per heavy atom. The highest BCUT2D eigenvalue weighted by Gasteiger charge is 2.70. The van der Waals surface area contributed by atoms with E-state index in [0.29, 0.717) is 25.8 Å². The molecule has 3 saturated carbocycles. The highest BCUT2D eigenvalue weighted by molar-refractivity contribution is 6.38. The zero-order valence-electron chi connectivity index (χ0n) is 32.2. The van der Waals surface area contributed by atoms with Gasteiger partial charge in [0.1, 0.15) is 23.8 Å². The van der Waals surface area contributed by atoms with E-state index < -0.39 is 64.4 Å². The first-order chi connectivity index (χ1) is 25.2. The molecule has 4 N–H and O–H groups in total. The second kappa shape index (κ2) is 16.5. The fourth-order valence-electron chi connectivity index (χ4n) is 9.44. The zero-order chi connectivity index (χ0) is 38.6. The summed E-state index contributed by atoms with van der Waals surface area (Å²) in [4.78, 5) is 93.0. The summed E-state index contributed by atoms with van der Waals surface area (Å²) in [6.45, 7) is 14.1. The van der Waals surface area contributed by atoms with Crippen LogP contribution < -0.4 is 21.3 Å². The molecule has 0 radical (unpaired) electrons. The number of fused-ring (bicyclic) bond motifs is 1. The Kier molecular flexibility index (Phi) is 12.4. The van der Waals surface area contributed by atoms with Crippen LogP contribution in [0, 0.1) is 28.1 Å². The first-order valence-corrected chi connectivity index (χ1v) is 19.6. The molecule has 53 heavy (non-hydrogen) atoms. The normalized spacial score (nSPS) is 25.4. The van der Waals surface area contributed by atoms with Gasteiger partial charge in [0.15, 0.2) is 0 Å². The van der Waals surface area contributed by atoms with Crippen LogP contribution in [0.25, 0.3) is 0 Å². The van der Waals surface area contributed by atoms with E-state index in [1.54, 1.807) is 4.90 Å². The summed E-state index contributed by atoms with van der Waals surface area (Å²) in [5.41, 5.74) is -1.25. The molecule has 2 heterocycles. The van der Waals surface area contributed by atoms with Gasteiger partial charge in [0.05, 0.1) is 12.2 Å². The molecule has 1 aliphatic heterocycles. The largest absolute Gasteiger partial charge is 0.346 e. The smallest absolute Gasteiger partial charge is 0.289 e. The number of hydrogen-bond acceptors (Lipinski definition) is 8. The van der Waals surface area contributed by atoms with Crippen LogP contribution in [0.3, 0.4) is 0 Å². The second-order valence-corrected chi connectivity index (χ2v) is 17.0. The standard InChI is InChI=1S/C40H59N7O6/c1-7-15-26(30(48)35(51)43-20-8-2)44-34(50)29-28-25(38(28,3)4)24-47(29)37(53)32(40(6)18-13-10-14-19-40)46-36(52)31(39(5)16-11-9-12-17-39)45-33(49)27-23-41-21-22-42-27/h8,21-23,25-26,28-29,31-32H,2,7,9-20,24H2,1,3-6H3,(H,43,51)(H,44,50)(H,45,49)(H,46,52)/t25-,26-,28-,29-,31+,32+/m0/s1. The first kappa shape index (κ1) is 40.0. The van der Waals surface area contributed by atoms with Crippen LogP contribution in [0.2, 0.25) is 0 Å². The monoisotopic (exact) mass is 733 g/mol. The minimum Gasteiger partial charge on any atom is -0.346 e. The van der Waals surface area contributed by atoms with E-state index in [-0.39, 0.29) is 41.8 Å². The van der Waals surface area contributed by atoms with Gasteiger partial charge in [0.2, 0.25) is 23.5 Å². The van der Waals surface area contributed by atoms with Gasteiger partial charge in [-0.3, -0.25) is 33.8 Å². The predicted octanol–water partition coefficient (Wildman–Crippen LogP) is 3.64. The van der Waals surface area contributed by atoms with Crippen LogP contribution in [0.1, 0.15) is 122 Å². The lowest BCUT2D eigenvalue weighted by Gasteiger charge is -2.45. The minimum atomic E-state index is -1.04. The van der Waals surface area contributed by atoms with Crippen LogP contribution in [-0.4, -0.2) is 87.4 Å². The Hall–Kier alpha value is -4.16. The summed E-state index contributed by atoms with van der Waals surface area (Å²) in [6, 6.07) is -3.80. The second-order valence-electron chi connectivity index (χ2n) is 17.0. The minimum absolute atomic E-state index is 0.0640. The number of hydrogen-bond donors (Lipinski definition) is 4. The molecule has 5 amide bonds. The van der Waals surface area contributed by atoms with Gasteiger partial charge in [-0.25, -0.2) is 4.98 Å². The molecule has 5 rings (SSSR count). The third-order valence-electron chi connectivity index (χ3n) is 12.9. The molecule has 290 valence electrons.